The van der Waals surface area contributed by atoms with Gasteiger partial charge in [-0.2, -0.15) is 5.10 Å². The highest BCUT2D eigenvalue weighted by Crippen LogP contribution is 2.10. The SMILES string of the molecule is CC(=O)c1c[nH]c(C(=O)NCc2cccc(Cn3nc(C)cc3C)c2)c1. The maximum absolute atomic E-state index is 12.2. The first-order valence-corrected chi connectivity index (χ1v) is 8.49. The van der Waals surface area contributed by atoms with Gasteiger partial charge in [-0.3, -0.25) is 14.3 Å². The first-order chi connectivity index (χ1) is 12.4. The van der Waals surface area contributed by atoms with Crippen molar-refractivity contribution < 1.29 is 9.59 Å². The predicted molar refractivity (Wildman–Crippen MR) is 99.2 cm³/mol. The largest absolute Gasteiger partial charge is 0.356 e. The predicted octanol–water partition coefficient (Wildman–Crippen LogP) is 3.01. The van der Waals surface area contributed by atoms with Gasteiger partial charge in [-0.1, -0.05) is 24.3 Å². The number of H-pyrrole nitrogens is 1. The number of carbonyl (C=O) groups excluding carboxylic acids is 2. The van der Waals surface area contributed by atoms with E-state index < -0.39 is 0 Å². The summed E-state index contributed by atoms with van der Waals surface area (Å²) >= 11 is 0. The highest BCUT2D eigenvalue weighted by molar-refractivity contribution is 5.99. The minimum absolute atomic E-state index is 0.0721. The molecule has 0 aliphatic carbocycles. The number of carbonyl (C=O) groups is 2. The fraction of sp³-hybridized carbons (Fsp3) is 0.250. The van der Waals surface area contributed by atoms with Gasteiger partial charge in [0.2, 0.25) is 0 Å². The second-order valence-electron chi connectivity index (χ2n) is 6.45. The van der Waals surface area contributed by atoms with Gasteiger partial charge >= 0.3 is 0 Å². The lowest BCUT2D eigenvalue weighted by atomic mass is 10.1. The quantitative estimate of drug-likeness (QED) is 0.671. The van der Waals surface area contributed by atoms with Crippen molar-refractivity contribution in [1.82, 2.24) is 20.1 Å². The third-order valence-electron chi connectivity index (χ3n) is 4.21. The highest BCUT2D eigenvalue weighted by atomic mass is 16.2. The molecule has 0 radical (unpaired) electrons. The van der Waals surface area contributed by atoms with Gasteiger partial charge in [-0.25, -0.2) is 0 Å². The highest BCUT2D eigenvalue weighted by Gasteiger charge is 2.10. The van der Waals surface area contributed by atoms with Gasteiger partial charge in [-0.15, -0.1) is 0 Å². The Labute approximate surface area is 152 Å². The van der Waals surface area contributed by atoms with Gasteiger partial charge in [0.25, 0.3) is 5.91 Å². The van der Waals surface area contributed by atoms with E-state index in [2.05, 4.69) is 27.5 Å². The lowest BCUT2D eigenvalue weighted by Crippen LogP contribution is -2.23. The number of aryl methyl sites for hydroxylation is 2. The molecule has 1 amide bonds. The van der Waals surface area contributed by atoms with Gasteiger partial charge in [0.15, 0.2) is 5.78 Å². The molecule has 0 spiro atoms. The fourth-order valence-electron chi connectivity index (χ4n) is 2.85. The molecule has 2 aromatic heterocycles. The number of aromatic nitrogens is 3. The van der Waals surface area contributed by atoms with Crippen LogP contribution in [-0.4, -0.2) is 26.5 Å². The summed E-state index contributed by atoms with van der Waals surface area (Å²) in [5, 5.41) is 7.35. The Morgan fingerprint density at radius 1 is 1.15 bits per heavy atom. The molecule has 0 aliphatic heterocycles. The molecule has 26 heavy (non-hydrogen) atoms. The van der Waals surface area contributed by atoms with Gasteiger partial charge in [0.1, 0.15) is 5.69 Å². The molecule has 3 aromatic rings. The molecule has 6 nitrogen and oxygen atoms in total. The van der Waals surface area contributed by atoms with Crippen LogP contribution >= 0.6 is 0 Å². The molecule has 0 atom stereocenters. The van der Waals surface area contributed by atoms with Crippen molar-refractivity contribution in [3.05, 3.63) is 76.4 Å². The van der Waals surface area contributed by atoms with E-state index in [0.29, 0.717) is 24.3 Å². The number of aromatic amines is 1. The zero-order valence-corrected chi connectivity index (χ0v) is 15.2. The first kappa shape index (κ1) is 17.7. The van der Waals surface area contributed by atoms with E-state index >= 15 is 0 Å². The molecule has 3 rings (SSSR count). The maximum atomic E-state index is 12.2. The molecular formula is C20H22N4O2. The molecule has 0 fully saturated rings. The van der Waals surface area contributed by atoms with Gasteiger partial charge < -0.3 is 10.3 Å². The topological polar surface area (TPSA) is 79.8 Å². The van der Waals surface area contributed by atoms with Crippen molar-refractivity contribution >= 4 is 11.7 Å². The molecule has 1 aromatic carbocycles. The summed E-state index contributed by atoms with van der Waals surface area (Å²) in [5.41, 5.74) is 5.14. The molecule has 2 N–H and O–H groups in total. The normalized spacial score (nSPS) is 10.7. The molecule has 6 heteroatoms. The van der Waals surface area contributed by atoms with Crippen molar-refractivity contribution in [3.63, 3.8) is 0 Å². The van der Waals surface area contributed by atoms with E-state index in [0.717, 1.165) is 22.5 Å². The number of nitrogens with one attached hydrogen (secondary N) is 2. The molecule has 2 heterocycles. The Morgan fingerprint density at radius 2 is 1.92 bits per heavy atom. The zero-order chi connectivity index (χ0) is 18.7. The van der Waals surface area contributed by atoms with Crippen molar-refractivity contribution in [3.8, 4) is 0 Å². The molecule has 0 aliphatic rings. The van der Waals surface area contributed by atoms with E-state index in [9.17, 15) is 9.59 Å². The average Bonchev–Trinajstić information content (AvgIpc) is 3.20. The van der Waals surface area contributed by atoms with Crippen LogP contribution in [0.3, 0.4) is 0 Å². The Balaban J connectivity index is 1.64. The summed E-state index contributed by atoms with van der Waals surface area (Å²) in [5.74, 6) is -0.307. The number of hydrogen-bond donors (Lipinski definition) is 2. The zero-order valence-electron chi connectivity index (χ0n) is 15.2. The molecule has 0 bridgehead atoms. The van der Waals surface area contributed by atoms with Crippen LogP contribution in [0.2, 0.25) is 0 Å². The van der Waals surface area contributed by atoms with Crippen LogP contribution in [0.15, 0.2) is 42.6 Å². The molecule has 0 saturated heterocycles. The van der Waals surface area contributed by atoms with Crippen LogP contribution in [0.25, 0.3) is 0 Å². The first-order valence-electron chi connectivity index (χ1n) is 8.49. The van der Waals surface area contributed by atoms with E-state index in [4.69, 9.17) is 0 Å². The molecule has 134 valence electrons. The number of hydrogen-bond acceptors (Lipinski definition) is 3. The van der Waals surface area contributed by atoms with E-state index in [-0.39, 0.29) is 11.7 Å². The lowest BCUT2D eigenvalue weighted by Gasteiger charge is -2.08. The fourth-order valence-corrected chi connectivity index (χ4v) is 2.85. The number of nitrogens with zero attached hydrogens (tertiary/aromatic N) is 2. The Bertz CT molecular complexity index is 952. The summed E-state index contributed by atoms with van der Waals surface area (Å²) in [6, 6.07) is 11.7. The number of rotatable bonds is 6. The minimum atomic E-state index is -0.235. The summed E-state index contributed by atoms with van der Waals surface area (Å²) < 4.78 is 1.97. The summed E-state index contributed by atoms with van der Waals surface area (Å²) in [6.45, 7) is 6.60. The van der Waals surface area contributed by atoms with Crippen LogP contribution in [0.1, 0.15) is 50.3 Å². The van der Waals surface area contributed by atoms with Crippen LogP contribution in [0.4, 0.5) is 0 Å². The number of ketones is 1. The summed E-state index contributed by atoms with van der Waals surface area (Å²) in [4.78, 5) is 26.4. The van der Waals surface area contributed by atoms with Crippen LogP contribution in [0.5, 0.6) is 0 Å². The van der Waals surface area contributed by atoms with Gasteiger partial charge in [0, 0.05) is 24.0 Å². The second-order valence-corrected chi connectivity index (χ2v) is 6.45. The van der Waals surface area contributed by atoms with Crippen molar-refractivity contribution in [2.75, 3.05) is 0 Å². The molecular weight excluding hydrogens is 328 g/mol. The number of Topliss-reactive ketones (excluding diaryl/α,β-unsaturated/α-hetero) is 1. The third kappa shape index (κ3) is 4.08. The van der Waals surface area contributed by atoms with Crippen molar-refractivity contribution in [2.24, 2.45) is 0 Å². The van der Waals surface area contributed by atoms with Crippen molar-refractivity contribution in [1.29, 1.82) is 0 Å². The smallest absolute Gasteiger partial charge is 0.267 e. The van der Waals surface area contributed by atoms with Crippen LogP contribution in [-0.2, 0) is 13.1 Å². The maximum Gasteiger partial charge on any atom is 0.267 e. The monoisotopic (exact) mass is 350 g/mol. The average molecular weight is 350 g/mol. The second kappa shape index (κ2) is 7.39. The minimum Gasteiger partial charge on any atom is -0.356 e. The Morgan fingerprint density at radius 3 is 2.58 bits per heavy atom. The van der Waals surface area contributed by atoms with Crippen molar-refractivity contribution in [2.45, 2.75) is 33.9 Å². The summed E-state index contributed by atoms with van der Waals surface area (Å²) in [6.07, 6.45) is 1.55. The standard InChI is InChI=1S/C20H22N4O2/c1-13-7-14(2)24(23-13)12-17-6-4-5-16(8-17)10-22-20(26)19-9-18(11-21-19)15(3)25/h4-9,11,21H,10,12H2,1-3H3,(H,22,26). The van der Waals surface area contributed by atoms with E-state index in [1.165, 1.54) is 6.92 Å². The van der Waals surface area contributed by atoms with E-state index in [1.807, 2.05) is 36.7 Å². The Hall–Kier alpha value is -3.15. The van der Waals surface area contributed by atoms with Crippen LogP contribution < -0.4 is 5.32 Å². The van der Waals surface area contributed by atoms with E-state index in [1.54, 1.807) is 12.3 Å². The van der Waals surface area contributed by atoms with Gasteiger partial charge in [-0.05, 0) is 44.0 Å². The molecule has 0 unspecified atom stereocenters. The lowest BCUT2D eigenvalue weighted by molar-refractivity contribution is 0.0946. The number of benzene rings is 1. The van der Waals surface area contributed by atoms with Crippen LogP contribution in [0, 0.1) is 13.8 Å². The third-order valence-corrected chi connectivity index (χ3v) is 4.21. The summed E-state index contributed by atoms with van der Waals surface area (Å²) in [7, 11) is 0. The Kier molecular flexibility index (Phi) is 5.02. The number of amides is 1. The van der Waals surface area contributed by atoms with Gasteiger partial charge in [0.05, 0.1) is 12.2 Å². The molecule has 0 saturated carbocycles.